The minimum Gasteiger partial charge on any atom is -0.478 e. The number of nitrogens with zero attached hydrogens (tertiary/aromatic N) is 1. The van der Waals surface area contributed by atoms with Gasteiger partial charge in [-0.1, -0.05) is 25.8 Å². The smallest absolute Gasteiger partial charge is 0.328 e. The van der Waals surface area contributed by atoms with Crippen molar-refractivity contribution < 1.29 is 9.90 Å². The van der Waals surface area contributed by atoms with Crippen molar-refractivity contribution >= 4 is 5.97 Å². The molecule has 86 valence electrons. The summed E-state index contributed by atoms with van der Waals surface area (Å²) < 4.78 is 0. The van der Waals surface area contributed by atoms with Crippen LogP contribution >= 0.6 is 0 Å². The predicted molar refractivity (Wildman–Crippen MR) is 60.8 cm³/mol. The van der Waals surface area contributed by atoms with Gasteiger partial charge in [0.2, 0.25) is 0 Å². The number of hydrogen-bond donors (Lipinski definition) is 1. The van der Waals surface area contributed by atoms with Crippen LogP contribution < -0.4 is 0 Å². The van der Waals surface area contributed by atoms with E-state index in [-0.39, 0.29) is 0 Å². The van der Waals surface area contributed by atoms with Gasteiger partial charge in [0.1, 0.15) is 0 Å². The summed E-state index contributed by atoms with van der Waals surface area (Å²) >= 11 is 0. The topological polar surface area (TPSA) is 40.5 Å². The van der Waals surface area contributed by atoms with E-state index >= 15 is 0 Å². The highest BCUT2D eigenvalue weighted by molar-refractivity contribution is 5.79. The van der Waals surface area contributed by atoms with Gasteiger partial charge in [0.25, 0.3) is 0 Å². The van der Waals surface area contributed by atoms with Crippen LogP contribution in [0.3, 0.4) is 0 Å². The lowest BCUT2D eigenvalue weighted by Crippen LogP contribution is -2.38. The molecule has 1 rings (SSSR count). The Morgan fingerprint density at radius 3 is 2.73 bits per heavy atom. The van der Waals surface area contributed by atoms with Gasteiger partial charge in [0, 0.05) is 18.7 Å². The molecule has 0 heterocycles. The highest BCUT2D eigenvalue weighted by atomic mass is 16.4. The van der Waals surface area contributed by atoms with E-state index in [4.69, 9.17) is 5.11 Å². The molecule has 1 saturated carbocycles. The maximum absolute atomic E-state index is 10.3. The quantitative estimate of drug-likeness (QED) is 0.724. The molecule has 1 fully saturated rings. The fourth-order valence-electron chi connectivity index (χ4n) is 2.41. The Labute approximate surface area is 91.8 Å². The molecule has 1 N–H and O–H groups in total. The Balaban J connectivity index is 2.37. The van der Waals surface area contributed by atoms with E-state index < -0.39 is 5.97 Å². The van der Waals surface area contributed by atoms with Crippen molar-refractivity contribution in [2.24, 2.45) is 5.92 Å². The van der Waals surface area contributed by atoms with Crippen molar-refractivity contribution in [3.8, 4) is 0 Å². The van der Waals surface area contributed by atoms with E-state index in [1.165, 1.54) is 31.8 Å². The number of carbonyl (C=O) groups is 1. The second-order valence-electron chi connectivity index (χ2n) is 4.51. The van der Waals surface area contributed by atoms with Gasteiger partial charge in [-0.15, -0.1) is 0 Å². The van der Waals surface area contributed by atoms with Gasteiger partial charge in [-0.2, -0.15) is 0 Å². The Kier molecular flexibility index (Phi) is 4.82. The van der Waals surface area contributed by atoms with Crippen LogP contribution in [0.15, 0.2) is 12.2 Å². The lowest BCUT2D eigenvalue weighted by atomic mass is 9.85. The Bertz CT molecular complexity index is 238. The summed E-state index contributed by atoms with van der Waals surface area (Å²) in [6, 6.07) is 0.622. The molecule has 0 aromatic rings. The molecule has 0 radical (unpaired) electrons. The summed E-state index contributed by atoms with van der Waals surface area (Å²) in [7, 11) is 2.08. The largest absolute Gasteiger partial charge is 0.478 e. The number of carboxylic acids is 1. The van der Waals surface area contributed by atoms with Crippen LogP contribution in [0.2, 0.25) is 0 Å². The molecule has 3 nitrogen and oxygen atoms in total. The lowest BCUT2D eigenvalue weighted by molar-refractivity contribution is -0.131. The van der Waals surface area contributed by atoms with Gasteiger partial charge in [0.15, 0.2) is 0 Å². The molecule has 2 unspecified atom stereocenters. The first-order valence-electron chi connectivity index (χ1n) is 5.71. The van der Waals surface area contributed by atoms with Gasteiger partial charge in [-0.05, 0) is 25.8 Å². The van der Waals surface area contributed by atoms with Crippen molar-refractivity contribution in [2.75, 3.05) is 13.6 Å². The van der Waals surface area contributed by atoms with E-state index in [9.17, 15) is 4.79 Å². The maximum atomic E-state index is 10.3. The van der Waals surface area contributed by atoms with E-state index in [1.54, 1.807) is 6.08 Å². The molecule has 15 heavy (non-hydrogen) atoms. The van der Waals surface area contributed by atoms with Gasteiger partial charge >= 0.3 is 5.97 Å². The number of likely N-dealkylation sites (N-methyl/N-ethyl adjacent to an activating group) is 1. The van der Waals surface area contributed by atoms with Crippen LogP contribution in [0, 0.1) is 5.92 Å². The maximum Gasteiger partial charge on any atom is 0.328 e. The molecular weight excluding hydrogens is 190 g/mol. The fraction of sp³-hybridized carbons (Fsp3) is 0.750. The van der Waals surface area contributed by atoms with Crippen LogP contribution in [-0.4, -0.2) is 35.6 Å². The molecule has 0 aliphatic heterocycles. The number of rotatable bonds is 4. The van der Waals surface area contributed by atoms with Crippen LogP contribution in [-0.2, 0) is 4.79 Å². The highest BCUT2D eigenvalue weighted by Crippen LogP contribution is 2.27. The lowest BCUT2D eigenvalue weighted by Gasteiger charge is -2.35. The summed E-state index contributed by atoms with van der Waals surface area (Å²) in [6.07, 6.45) is 8.16. The van der Waals surface area contributed by atoms with Crippen molar-refractivity contribution in [1.82, 2.24) is 4.90 Å². The second-order valence-corrected chi connectivity index (χ2v) is 4.51. The first kappa shape index (κ1) is 12.2. The van der Waals surface area contributed by atoms with Crippen molar-refractivity contribution in [2.45, 2.75) is 38.6 Å². The zero-order chi connectivity index (χ0) is 11.3. The zero-order valence-electron chi connectivity index (χ0n) is 9.65. The van der Waals surface area contributed by atoms with E-state index in [1.807, 2.05) is 0 Å². The minimum atomic E-state index is -0.861. The summed E-state index contributed by atoms with van der Waals surface area (Å²) in [5.41, 5.74) is 0. The summed E-state index contributed by atoms with van der Waals surface area (Å²) in [5, 5.41) is 8.48. The summed E-state index contributed by atoms with van der Waals surface area (Å²) in [5.74, 6) is -0.123. The van der Waals surface area contributed by atoms with Crippen LogP contribution in [0.5, 0.6) is 0 Å². The van der Waals surface area contributed by atoms with Gasteiger partial charge in [-0.3, -0.25) is 4.90 Å². The normalized spacial score (nSPS) is 27.4. The number of aliphatic carboxylic acids is 1. The zero-order valence-corrected chi connectivity index (χ0v) is 9.65. The van der Waals surface area contributed by atoms with E-state index in [2.05, 4.69) is 18.9 Å². The number of carboxylic acid groups (broad SMARTS) is 1. The average molecular weight is 211 g/mol. The van der Waals surface area contributed by atoms with E-state index in [0.717, 1.165) is 12.5 Å². The Morgan fingerprint density at radius 1 is 1.47 bits per heavy atom. The monoisotopic (exact) mass is 211 g/mol. The molecule has 0 bridgehead atoms. The third kappa shape index (κ3) is 4.04. The SMILES string of the molecule is CC1CCCCC1N(C)C/C=C/C(=O)O. The fourth-order valence-corrected chi connectivity index (χ4v) is 2.41. The number of hydrogen-bond acceptors (Lipinski definition) is 2. The average Bonchev–Trinajstić information content (AvgIpc) is 2.17. The molecule has 0 amide bonds. The third-order valence-corrected chi connectivity index (χ3v) is 3.29. The molecule has 0 saturated heterocycles. The Hall–Kier alpha value is -0.830. The molecule has 0 spiro atoms. The molecule has 1 aliphatic rings. The van der Waals surface area contributed by atoms with Crippen LogP contribution in [0.25, 0.3) is 0 Å². The molecule has 0 aromatic carbocycles. The second kappa shape index (κ2) is 5.91. The van der Waals surface area contributed by atoms with Crippen LogP contribution in [0.1, 0.15) is 32.6 Å². The third-order valence-electron chi connectivity index (χ3n) is 3.29. The van der Waals surface area contributed by atoms with Gasteiger partial charge in [0.05, 0.1) is 0 Å². The Morgan fingerprint density at radius 2 is 2.13 bits per heavy atom. The highest BCUT2D eigenvalue weighted by Gasteiger charge is 2.23. The van der Waals surface area contributed by atoms with Gasteiger partial charge < -0.3 is 5.11 Å². The molecular formula is C12H21NO2. The van der Waals surface area contributed by atoms with Crippen molar-refractivity contribution in [1.29, 1.82) is 0 Å². The standard InChI is InChI=1S/C12H21NO2/c1-10-6-3-4-7-11(10)13(2)9-5-8-12(14)15/h5,8,10-11H,3-4,6-7,9H2,1-2H3,(H,14,15)/b8-5+. The predicted octanol–water partition coefficient (Wildman–Crippen LogP) is 2.14. The summed E-state index contributed by atoms with van der Waals surface area (Å²) in [6.45, 7) is 3.03. The minimum absolute atomic E-state index is 0.622. The molecule has 0 aromatic heterocycles. The molecule has 3 heteroatoms. The first-order valence-corrected chi connectivity index (χ1v) is 5.71. The first-order chi connectivity index (χ1) is 7.11. The van der Waals surface area contributed by atoms with Gasteiger partial charge in [-0.25, -0.2) is 4.79 Å². The molecule has 1 aliphatic carbocycles. The van der Waals surface area contributed by atoms with Crippen molar-refractivity contribution in [3.63, 3.8) is 0 Å². The van der Waals surface area contributed by atoms with Crippen molar-refractivity contribution in [3.05, 3.63) is 12.2 Å². The molecule has 2 atom stereocenters. The van der Waals surface area contributed by atoms with E-state index in [0.29, 0.717) is 6.04 Å². The van der Waals surface area contributed by atoms with Crippen LogP contribution in [0.4, 0.5) is 0 Å². The summed E-state index contributed by atoms with van der Waals surface area (Å²) in [4.78, 5) is 12.6.